The summed E-state index contributed by atoms with van der Waals surface area (Å²) in [5.74, 6) is 0.0542. The third-order valence-corrected chi connectivity index (χ3v) is 2.65. The molecule has 0 aliphatic carbocycles. The lowest BCUT2D eigenvalue weighted by atomic mass is 10.2. The molecule has 8 heteroatoms. The van der Waals surface area contributed by atoms with Gasteiger partial charge in [0.1, 0.15) is 22.0 Å². The van der Waals surface area contributed by atoms with Crippen molar-refractivity contribution in [1.82, 2.24) is 4.98 Å². The summed E-state index contributed by atoms with van der Waals surface area (Å²) in [5, 5.41) is 0. The van der Waals surface area contributed by atoms with Gasteiger partial charge in [0, 0.05) is 11.8 Å². The lowest BCUT2D eigenvalue weighted by Gasteiger charge is -2.28. The summed E-state index contributed by atoms with van der Waals surface area (Å²) in [6.07, 6.45) is -0.390. The zero-order valence-electron chi connectivity index (χ0n) is 14.7. The number of rotatable bonds is 2. The van der Waals surface area contributed by atoms with Crippen molar-refractivity contribution >= 4 is 35.2 Å². The Balaban J connectivity index is 3.19. The fraction of sp³-hybridized carbons (Fsp3) is 0.500. The smallest absolute Gasteiger partial charge is 0.425 e. The van der Waals surface area contributed by atoms with Crippen molar-refractivity contribution in [2.24, 2.45) is 5.73 Å². The van der Waals surface area contributed by atoms with Crippen LogP contribution in [-0.4, -0.2) is 33.4 Å². The number of hydrogen-bond donors (Lipinski definition) is 1. The number of aromatic nitrogens is 1. The number of thiocarbonyl (C=S) groups is 1. The molecule has 24 heavy (non-hydrogen) atoms. The summed E-state index contributed by atoms with van der Waals surface area (Å²) >= 11 is 4.86. The Hall–Kier alpha value is -2.22. The van der Waals surface area contributed by atoms with Gasteiger partial charge < -0.3 is 15.2 Å². The molecule has 0 aliphatic heterocycles. The number of pyridine rings is 1. The molecule has 0 radical (unpaired) electrons. The zero-order chi connectivity index (χ0) is 18.7. The Bertz CT molecular complexity index is 602. The van der Waals surface area contributed by atoms with Gasteiger partial charge in [-0.15, -0.1) is 0 Å². The van der Waals surface area contributed by atoms with Gasteiger partial charge in [-0.25, -0.2) is 14.6 Å². The van der Waals surface area contributed by atoms with E-state index in [1.165, 1.54) is 12.3 Å². The third kappa shape index (κ3) is 6.11. The Morgan fingerprint density at radius 2 is 1.50 bits per heavy atom. The normalized spacial score (nSPS) is 11.6. The second-order valence-corrected chi connectivity index (χ2v) is 7.51. The first-order valence-electron chi connectivity index (χ1n) is 7.32. The highest BCUT2D eigenvalue weighted by atomic mass is 32.1. The van der Waals surface area contributed by atoms with Crippen molar-refractivity contribution in [2.75, 3.05) is 4.90 Å². The Labute approximate surface area is 147 Å². The number of imide groups is 1. The van der Waals surface area contributed by atoms with Gasteiger partial charge in [0.05, 0.1) is 0 Å². The molecule has 2 N–H and O–H groups in total. The van der Waals surface area contributed by atoms with E-state index in [0.717, 1.165) is 4.90 Å². The lowest BCUT2D eigenvalue weighted by Crippen LogP contribution is -2.44. The molecule has 0 saturated carbocycles. The van der Waals surface area contributed by atoms with Gasteiger partial charge in [0.15, 0.2) is 0 Å². The number of hydrogen-bond acceptors (Lipinski definition) is 6. The van der Waals surface area contributed by atoms with Crippen molar-refractivity contribution < 1.29 is 19.1 Å². The van der Waals surface area contributed by atoms with Gasteiger partial charge in [-0.05, 0) is 53.7 Å². The number of carbonyl (C=O) groups is 2. The van der Waals surface area contributed by atoms with Gasteiger partial charge in [0.25, 0.3) is 0 Å². The summed E-state index contributed by atoms with van der Waals surface area (Å²) in [7, 11) is 0. The summed E-state index contributed by atoms with van der Waals surface area (Å²) < 4.78 is 10.5. The van der Waals surface area contributed by atoms with Crippen LogP contribution < -0.4 is 10.6 Å². The van der Waals surface area contributed by atoms with E-state index in [2.05, 4.69) is 4.98 Å². The van der Waals surface area contributed by atoms with Crippen molar-refractivity contribution in [2.45, 2.75) is 52.7 Å². The van der Waals surface area contributed by atoms with E-state index >= 15 is 0 Å². The maximum atomic E-state index is 12.4. The molecule has 7 nitrogen and oxygen atoms in total. The van der Waals surface area contributed by atoms with Crippen LogP contribution in [0.3, 0.4) is 0 Å². The van der Waals surface area contributed by atoms with E-state index < -0.39 is 23.4 Å². The molecule has 1 aromatic heterocycles. The van der Waals surface area contributed by atoms with Gasteiger partial charge in [0.2, 0.25) is 0 Å². The number of ether oxygens (including phenoxy) is 2. The van der Waals surface area contributed by atoms with Crippen LogP contribution in [0.4, 0.5) is 15.4 Å². The van der Waals surface area contributed by atoms with Gasteiger partial charge >= 0.3 is 12.2 Å². The van der Waals surface area contributed by atoms with Gasteiger partial charge in [-0.3, -0.25) is 0 Å². The van der Waals surface area contributed by atoms with Crippen molar-refractivity contribution in [1.29, 1.82) is 0 Å². The van der Waals surface area contributed by atoms with Crippen LogP contribution in [0.25, 0.3) is 0 Å². The minimum atomic E-state index is -0.882. The minimum Gasteiger partial charge on any atom is -0.443 e. The minimum absolute atomic E-state index is 0.0542. The molecule has 1 aromatic rings. The largest absolute Gasteiger partial charge is 0.443 e. The van der Waals surface area contributed by atoms with Gasteiger partial charge in [-0.2, -0.15) is 4.90 Å². The standard InChI is InChI=1S/C16H23N3O4S/c1-15(2,3)22-13(20)19(14(21)23-16(4,5)6)11-8-7-10(9-18-11)12(17)24/h7-9H,1-6H3,(H2,17,24). The van der Waals surface area contributed by atoms with E-state index in [0.29, 0.717) is 5.56 Å². The summed E-state index contributed by atoms with van der Waals surface area (Å²) in [5.41, 5.74) is 4.47. The fourth-order valence-electron chi connectivity index (χ4n) is 1.54. The van der Waals surface area contributed by atoms with E-state index in [-0.39, 0.29) is 10.8 Å². The Morgan fingerprint density at radius 1 is 1.04 bits per heavy atom. The number of nitrogens with two attached hydrogens (primary N) is 1. The summed E-state index contributed by atoms with van der Waals surface area (Å²) in [4.78, 5) is 29.8. The molecule has 0 atom stereocenters. The topological polar surface area (TPSA) is 94.8 Å². The van der Waals surface area contributed by atoms with Crippen LogP contribution in [0.1, 0.15) is 47.1 Å². The lowest BCUT2D eigenvalue weighted by molar-refractivity contribution is 0.0429. The number of amides is 2. The molecule has 1 rings (SSSR count). The van der Waals surface area contributed by atoms with Crippen LogP contribution >= 0.6 is 12.2 Å². The highest BCUT2D eigenvalue weighted by Gasteiger charge is 2.33. The molecule has 0 saturated heterocycles. The maximum absolute atomic E-state index is 12.4. The molecular formula is C16H23N3O4S. The first kappa shape index (κ1) is 19.8. The average Bonchev–Trinajstić information content (AvgIpc) is 2.34. The maximum Gasteiger partial charge on any atom is 0.425 e. The van der Waals surface area contributed by atoms with Crippen molar-refractivity contribution in [3.63, 3.8) is 0 Å². The summed E-state index contributed by atoms with van der Waals surface area (Å²) in [6.45, 7) is 10.2. The molecule has 0 unspecified atom stereocenters. The van der Waals surface area contributed by atoms with Crippen LogP contribution in [-0.2, 0) is 9.47 Å². The molecule has 132 valence electrons. The van der Waals surface area contributed by atoms with E-state index in [1.54, 1.807) is 47.6 Å². The molecule has 0 aromatic carbocycles. The molecular weight excluding hydrogens is 330 g/mol. The number of nitrogens with zero attached hydrogens (tertiary/aromatic N) is 2. The highest BCUT2D eigenvalue weighted by molar-refractivity contribution is 7.80. The fourth-order valence-corrected chi connectivity index (χ4v) is 1.66. The van der Waals surface area contributed by atoms with Crippen LogP contribution in [0.15, 0.2) is 18.3 Å². The van der Waals surface area contributed by atoms with Crippen LogP contribution in [0.2, 0.25) is 0 Å². The number of anilines is 1. The molecule has 2 amide bonds. The highest BCUT2D eigenvalue weighted by Crippen LogP contribution is 2.20. The number of carbonyl (C=O) groups excluding carboxylic acids is 2. The summed E-state index contributed by atoms with van der Waals surface area (Å²) in [6, 6.07) is 3.01. The van der Waals surface area contributed by atoms with E-state index in [1.807, 2.05) is 0 Å². The SMILES string of the molecule is CC(C)(C)OC(=O)N(C(=O)OC(C)(C)C)c1ccc(C(N)=S)cn1. The predicted octanol–water partition coefficient (Wildman–Crippen LogP) is 3.39. The van der Waals surface area contributed by atoms with Crippen LogP contribution in [0, 0.1) is 0 Å². The average molecular weight is 353 g/mol. The van der Waals surface area contributed by atoms with Crippen molar-refractivity contribution in [3.05, 3.63) is 23.9 Å². The Morgan fingerprint density at radius 3 is 1.79 bits per heavy atom. The molecule has 0 fully saturated rings. The third-order valence-electron chi connectivity index (χ3n) is 2.41. The van der Waals surface area contributed by atoms with Gasteiger partial charge in [-0.1, -0.05) is 12.2 Å². The van der Waals surface area contributed by atoms with E-state index in [4.69, 9.17) is 27.4 Å². The Kier molecular flexibility index (Phi) is 5.89. The molecule has 0 bridgehead atoms. The first-order valence-corrected chi connectivity index (χ1v) is 7.73. The predicted molar refractivity (Wildman–Crippen MR) is 95.1 cm³/mol. The van der Waals surface area contributed by atoms with Crippen LogP contribution in [0.5, 0.6) is 0 Å². The molecule has 0 aliphatic rings. The second-order valence-electron chi connectivity index (χ2n) is 7.07. The first-order chi connectivity index (χ1) is 10.8. The molecule has 1 heterocycles. The second kappa shape index (κ2) is 7.12. The zero-order valence-corrected chi connectivity index (χ0v) is 15.6. The monoisotopic (exact) mass is 353 g/mol. The molecule has 0 spiro atoms. The van der Waals surface area contributed by atoms with Crippen molar-refractivity contribution in [3.8, 4) is 0 Å². The quantitative estimate of drug-likeness (QED) is 0.814. The van der Waals surface area contributed by atoms with E-state index in [9.17, 15) is 9.59 Å².